The van der Waals surface area contributed by atoms with E-state index in [0.717, 1.165) is 5.39 Å². The molecule has 3 aromatic rings. The molecule has 0 atom stereocenters. The lowest BCUT2D eigenvalue weighted by Gasteiger charge is -2.08. The number of carbonyl (C=O) groups is 1. The van der Waals surface area contributed by atoms with Gasteiger partial charge in [-0.25, -0.2) is 5.43 Å². The maximum absolute atomic E-state index is 12.1. The Hall–Kier alpha value is -2.80. The fourth-order valence-corrected chi connectivity index (χ4v) is 2.67. The molecule has 0 aliphatic heterocycles. The zero-order valence-electron chi connectivity index (χ0n) is 13.3. The first-order valence-corrected chi connectivity index (χ1v) is 8.35. The normalized spacial score (nSPS) is 11.1. The Labute approximate surface area is 152 Å². The highest BCUT2D eigenvalue weighted by molar-refractivity contribution is 9.10. The van der Waals surface area contributed by atoms with E-state index >= 15 is 0 Å². The van der Waals surface area contributed by atoms with Crippen LogP contribution in [-0.2, 0) is 0 Å². The van der Waals surface area contributed by atoms with Crippen molar-refractivity contribution in [1.82, 2.24) is 5.43 Å². The zero-order valence-corrected chi connectivity index (χ0v) is 14.9. The van der Waals surface area contributed by atoms with E-state index in [9.17, 15) is 9.90 Å². The van der Waals surface area contributed by atoms with Crippen molar-refractivity contribution in [3.63, 3.8) is 0 Å². The number of carbonyl (C=O) groups excluding carboxylic acids is 1. The third kappa shape index (κ3) is 3.83. The van der Waals surface area contributed by atoms with Crippen LogP contribution in [0.2, 0.25) is 0 Å². The van der Waals surface area contributed by atoms with Crippen molar-refractivity contribution in [2.45, 2.75) is 6.92 Å². The lowest BCUT2D eigenvalue weighted by atomic mass is 10.2. The second-order valence-corrected chi connectivity index (χ2v) is 5.98. The number of fused-ring (bicyclic) bond motifs is 1. The quantitative estimate of drug-likeness (QED) is 0.497. The van der Waals surface area contributed by atoms with Crippen molar-refractivity contribution in [2.75, 3.05) is 6.61 Å². The summed E-state index contributed by atoms with van der Waals surface area (Å²) < 4.78 is 11.4. The summed E-state index contributed by atoms with van der Waals surface area (Å²) in [5.74, 6) is 0.0958. The summed E-state index contributed by atoms with van der Waals surface area (Å²) >= 11 is 3.33. The van der Waals surface area contributed by atoms with Gasteiger partial charge in [0.25, 0.3) is 0 Å². The Balaban J connectivity index is 1.74. The van der Waals surface area contributed by atoms with Gasteiger partial charge in [-0.05, 0) is 47.1 Å². The molecule has 2 N–H and O–H groups in total. The zero-order chi connectivity index (χ0) is 17.8. The highest BCUT2D eigenvalue weighted by Gasteiger charge is 2.11. The molecule has 0 unspecified atom stereocenters. The largest absolute Gasteiger partial charge is 0.504 e. The molecule has 0 aliphatic rings. The summed E-state index contributed by atoms with van der Waals surface area (Å²) in [6.45, 7) is 2.25. The fourth-order valence-electron chi connectivity index (χ4n) is 2.24. The number of phenolic OH excluding ortho intramolecular Hbond substituents is 1. The molecule has 1 amide bonds. The lowest BCUT2D eigenvalue weighted by molar-refractivity contribution is 0.0929. The number of rotatable bonds is 5. The first kappa shape index (κ1) is 17.0. The third-order valence-electron chi connectivity index (χ3n) is 3.40. The monoisotopic (exact) mass is 402 g/mol. The Bertz CT molecular complexity index is 916. The number of nitrogens with one attached hydrogen (secondary N) is 1. The van der Waals surface area contributed by atoms with Crippen LogP contribution in [0.25, 0.3) is 11.0 Å². The molecule has 25 heavy (non-hydrogen) atoms. The summed E-state index contributed by atoms with van der Waals surface area (Å²) in [4.78, 5) is 12.1. The number of hydrogen-bond acceptors (Lipinski definition) is 5. The van der Waals surface area contributed by atoms with Gasteiger partial charge >= 0.3 is 5.91 Å². The van der Waals surface area contributed by atoms with Gasteiger partial charge in [-0.3, -0.25) is 4.79 Å². The van der Waals surface area contributed by atoms with Crippen LogP contribution < -0.4 is 10.2 Å². The van der Waals surface area contributed by atoms with Gasteiger partial charge in [-0.1, -0.05) is 18.2 Å². The van der Waals surface area contributed by atoms with Crippen LogP contribution in [0.15, 0.2) is 56.5 Å². The van der Waals surface area contributed by atoms with Gasteiger partial charge in [0.1, 0.15) is 5.58 Å². The SMILES string of the molecule is CCOc1cc(/C=N/NC(=O)c2cc3ccccc3o2)c(Br)cc1O. The average molecular weight is 403 g/mol. The third-order valence-corrected chi connectivity index (χ3v) is 4.08. The van der Waals surface area contributed by atoms with E-state index in [-0.39, 0.29) is 11.5 Å². The predicted octanol–water partition coefficient (Wildman–Crippen LogP) is 4.06. The number of hydrazone groups is 1. The molecular formula is C18H15BrN2O4. The fraction of sp³-hybridized carbons (Fsp3) is 0.111. The van der Waals surface area contributed by atoms with E-state index < -0.39 is 5.91 Å². The molecule has 1 heterocycles. The van der Waals surface area contributed by atoms with Gasteiger partial charge in [0, 0.05) is 15.4 Å². The van der Waals surface area contributed by atoms with Gasteiger partial charge in [0.15, 0.2) is 17.3 Å². The van der Waals surface area contributed by atoms with Crippen molar-refractivity contribution in [2.24, 2.45) is 5.10 Å². The van der Waals surface area contributed by atoms with Crippen molar-refractivity contribution >= 4 is 39.0 Å². The Morgan fingerprint density at radius 3 is 2.92 bits per heavy atom. The number of furan rings is 1. The van der Waals surface area contributed by atoms with Crippen LogP contribution in [0.3, 0.4) is 0 Å². The molecule has 128 valence electrons. The Morgan fingerprint density at radius 1 is 1.36 bits per heavy atom. The topological polar surface area (TPSA) is 84.1 Å². The van der Waals surface area contributed by atoms with E-state index in [1.165, 1.54) is 12.3 Å². The number of halogens is 1. The minimum atomic E-state index is -0.451. The van der Waals surface area contributed by atoms with Gasteiger partial charge in [0.05, 0.1) is 12.8 Å². The van der Waals surface area contributed by atoms with Crippen LogP contribution >= 0.6 is 15.9 Å². The Morgan fingerprint density at radius 2 is 2.16 bits per heavy atom. The van der Waals surface area contributed by atoms with Crippen LogP contribution in [-0.4, -0.2) is 23.8 Å². The molecule has 0 radical (unpaired) electrons. The van der Waals surface area contributed by atoms with Crippen molar-refractivity contribution < 1.29 is 19.1 Å². The van der Waals surface area contributed by atoms with Crippen LogP contribution in [0.4, 0.5) is 0 Å². The first-order valence-electron chi connectivity index (χ1n) is 7.55. The highest BCUT2D eigenvalue weighted by atomic mass is 79.9. The summed E-state index contributed by atoms with van der Waals surface area (Å²) in [5.41, 5.74) is 3.70. The number of nitrogens with zero attached hydrogens (tertiary/aromatic N) is 1. The number of amides is 1. The van der Waals surface area contributed by atoms with Crippen molar-refractivity contribution in [3.8, 4) is 11.5 Å². The number of phenols is 1. The van der Waals surface area contributed by atoms with Gasteiger partial charge < -0.3 is 14.3 Å². The van der Waals surface area contributed by atoms with Crippen LogP contribution in [0, 0.1) is 0 Å². The molecule has 3 rings (SSSR count). The summed E-state index contributed by atoms with van der Waals surface area (Å²) in [5, 5.41) is 14.6. The summed E-state index contributed by atoms with van der Waals surface area (Å²) in [6.07, 6.45) is 1.45. The smallest absolute Gasteiger partial charge is 0.307 e. The van der Waals surface area contributed by atoms with Crippen molar-refractivity contribution in [1.29, 1.82) is 0 Å². The van der Waals surface area contributed by atoms with E-state index in [4.69, 9.17) is 9.15 Å². The molecular weight excluding hydrogens is 388 g/mol. The molecule has 0 aliphatic carbocycles. The maximum atomic E-state index is 12.1. The number of ether oxygens (including phenoxy) is 1. The average Bonchev–Trinajstić information content (AvgIpc) is 3.03. The molecule has 2 aromatic carbocycles. The van der Waals surface area contributed by atoms with Gasteiger partial charge in [-0.15, -0.1) is 0 Å². The molecule has 0 saturated heterocycles. The minimum absolute atomic E-state index is 0.0252. The number of hydrogen-bond donors (Lipinski definition) is 2. The molecule has 0 spiro atoms. The van der Waals surface area contributed by atoms with Crippen LogP contribution in [0.5, 0.6) is 11.5 Å². The highest BCUT2D eigenvalue weighted by Crippen LogP contribution is 2.31. The van der Waals surface area contributed by atoms with E-state index in [0.29, 0.717) is 28.0 Å². The van der Waals surface area contributed by atoms with Crippen LogP contribution in [0.1, 0.15) is 23.0 Å². The molecule has 0 bridgehead atoms. The van der Waals surface area contributed by atoms with Crippen molar-refractivity contribution in [3.05, 3.63) is 58.3 Å². The predicted molar refractivity (Wildman–Crippen MR) is 98.3 cm³/mol. The lowest BCUT2D eigenvalue weighted by Crippen LogP contribution is -2.16. The number of benzene rings is 2. The molecule has 6 nitrogen and oxygen atoms in total. The molecule has 0 saturated carbocycles. The van der Waals surface area contributed by atoms with E-state index in [2.05, 4.69) is 26.5 Å². The van der Waals surface area contributed by atoms with E-state index in [1.807, 2.05) is 25.1 Å². The standard InChI is InChI=1S/C18H15BrN2O4/c1-2-24-16-8-12(13(19)9-14(16)22)10-20-21-18(23)17-7-11-5-3-4-6-15(11)25-17/h3-10,22H,2H2,1H3,(H,21,23)/b20-10+. The Kier molecular flexibility index (Phi) is 5.04. The number of aromatic hydroxyl groups is 1. The molecule has 1 aromatic heterocycles. The second kappa shape index (κ2) is 7.40. The number of para-hydroxylation sites is 1. The van der Waals surface area contributed by atoms with E-state index in [1.54, 1.807) is 18.2 Å². The summed E-state index contributed by atoms with van der Waals surface area (Å²) in [6, 6.07) is 12.1. The van der Waals surface area contributed by atoms with Gasteiger partial charge in [0.2, 0.25) is 0 Å². The van der Waals surface area contributed by atoms with Gasteiger partial charge in [-0.2, -0.15) is 5.10 Å². The first-order chi connectivity index (χ1) is 12.1. The molecule has 7 heteroatoms. The second-order valence-electron chi connectivity index (χ2n) is 5.12. The minimum Gasteiger partial charge on any atom is -0.504 e. The molecule has 0 fully saturated rings. The summed E-state index contributed by atoms with van der Waals surface area (Å²) in [7, 11) is 0. The maximum Gasteiger partial charge on any atom is 0.307 e.